The molecule has 2 aromatic carbocycles. The van der Waals surface area contributed by atoms with Gasteiger partial charge in [-0.15, -0.1) is 10.2 Å². The first-order valence-electron chi connectivity index (χ1n) is 11.1. The number of tetrazole rings is 1. The highest BCUT2D eigenvalue weighted by Gasteiger charge is 2.35. The highest BCUT2D eigenvalue weighted by atomic mass is 19.1. The molecule has 10 nitrogen and oxygen atoms in total. The molecule has 1 aliphatic rings. The van der Waals surface area contributed by atoms with Crippen LogP contribution in [0.2, 0.25) is 0 Å². The van der Waals surface area contributed by atoms with Crippen molar-refractivity contribution in [2.45, 2.75) is 13.0 Å². The Kier molecular flexibility index (Phi) is 5.59. The number of H-pyrrole nitrogens is 1. The van der Waals surface area contributed by atoms with E-state index in [9.17, 15) is 18.8 Å². The van der Waals surface area contributed by atoms with Crippen LogP contribution in [0.15, 0.2) is 48.7 Å². The predicted molar refractivity (Wildman–Crippen MR) is 124 cm³/mol. The number of fused-ring (bicyclic) bond motifs is 1. The summed E-state index contributed by atoms with van der Waals surface area (Å²) in [4.78, 5) is 46.4. The quantitative estimate of drug-likeness (QED) is 0.357. The molecule has 3 heterocycles. The Bertz CT molecular complexity index is 1450. The van der Waals surface area contributed by atoms with E-state index >= 15 is 0 Å². The van der Waals surface area contributed by atoms with Crippen molar-refractivity contribution in [1.82, 2.24) is 35.0 Å². The van der Waals surface area contributed by atoms with E-state index in [1.165, 1.54) is 28.0 Å². The van der Waals surface area contributed by atoms with Crippen LogP contribution in [0.5, 0.6) is 0 Å². The fourth-order valence-electron chi connectivity index (χ4n) is 4.42. The minimum absolute atomic E-state index is 0.00107. The Balaban J connectivity index is 1.38. The molecule has 2 aromatic heterocycles. The number of aromatic nitrogens is 5. The van der Waals surface area contributed by atoms with Crippen LogP contribution >= 0.6 is 0 Å². The summed E-state index contributed by atoms with van der Waals surface area (Å²) in [6, 6.07) is 11.2. The van der Waals surface area contributed by atoms with Crippen molar-refractivity contribution in [3.05, 3.63) is 65.6 Å². The summed E-state index contributed by atoms with van der Waals surface area (Å²) >= 11 is 0. The second-order valence-corrected chi connectivity index (χ2v) is 8.44. The number of halogens is 1. The molecule has 0 radical (unpaired) electrons. The summed E-state index contributed by atoms with van der Waals surface area (Å²) in [6.45, 7) is 2.56. The normalized spacial score (nSPS) is 16.0. The molecule has 11 heteroatoms. The fraction of sp³-hybridized carbons (Fsp3) is 0.250. The van der Waals surface area contributed by atoms with Gasteiger partial charge in [-0.2, -0.15) is 4.80 Å². The summed E-state index contributed by atoms with van der Waals surface area (Å²) in [5.74, 6) is -2.07. The van der Waals surface area contributed by atoms with Crippen LogP contribution in [0.25, 0.3) is 22.3 Å². The third kappa shape index (κ3) is 3.94. The number of ketones is 1. The molecule has 0 bridgehead atoms. The molecule has 0 unspecified atom stereocenters. The average molecular weight is 475 g/mol. The molecule has 4 aromatic rings. The van der Waals surface area contributed by atoms with Crippen LogP contribution < -0.4 is 0 Å². The van der Waals surface area contributed by atoms with E-state index in [0.29, 0.717) is 23.2 Å². The van der Waals surface area contributed by atoms with Crippen LogP contribution in [0, 0.1) is 5.82 Å². The molecule has 0 saturated carbocycles. The van der Waals surface area contributed by atoms with Gasteiger partial charge in [0.15, 0.2) is 0 Å². The molecule has 35 heavy (non-hydrogen) atoms. The van der Waals surface area contributed by atoms with Crippen LogP contribution in [0.4, 0.5) is 4.39 Å². The number of amides is 2. The van der Waals surface area contributed by atoms with Gasteiger partial charge in [0.25, 0.3) is 17.6 Å². The molecule has 0 aliphatic carbocycles. The van der Waals surface area contributed by atoms with Gasteiger partial charge in [-0.25, -0.2) is 4.39 Å². The summed E-state index contributed by atoms with van der Waals surface area (Å²) in [5.41, 5.74) is 1.27. The van der Waals surface area contributed by atoms with Crippen LogP contribution in [0.1, 0.15) is 27.6 Å². The standard InChI is InChI=1S/C24H22FN7O3/c1-14-13-31(23(34)15-6-4-3-5-7-15)10-11-32(14)24(35)21(33)17-12-26-20-16(8-9-18(25)19(17)20)22-27-29-30(2)28-22/h3-9,12,14,26H,10-11,13H2,1-2H3/t14-/m1/s1. The molecule has 1 N–H and O–H groups in total. The second kappa shape index (κ2) is 8.75. The summed E-state index contributed by atoms with van der Waals surface area (Å²) in [6.07, 6.45) is 1.33. The maximum Gasteiger partial charge on any atom is 0.295 e. The average Bonchev–Trinajstić information content (AvgIpc) is 3.51. The van der Waals surface area contributed by atoms with Crippen LogP contribution in [-0.2, 0) is 11.8 Å². The molecular formula is C24H22FN7O3. The lowest BCUT2D eigenvalue weighted by molar-refractivity contribution is -0.130. The van der Waals surface area contributed by atoms with Gasteiger partial charge in [-0.05, 0) is 36.4 Å². The molecule has 2 amide bonds. The van der Waals surface area contributed by atoms with Crippen molar-refractivity contribution in [1.29, 1.82) is 0 Å². The summed E-state index contributed by atoms with van der Waals surface area (Å²) in [5, 5.41) is 11.9. The van der Waals surface area contributed by atoms with Crippen molar-refractivity contribution in [2.24, 2.45) is 7.05 Å². The lowest BCUT2D eigenvalue weighted by atomic mass is 10.0. The number of rotatable bonds is 4. The Labute approximate surface area is 199 Å². The lowest BCUT2D eigenvalue weighted by Gasteiger charge is -2.39. The number of benzene rings is 2. The van der Waals surface area contributed by atoms with Crippen LogP contribution in [0.3, 0.4) is 0 Å². The first kappa shape index (κ1) is 22.4. The molecule has 1 fully saturated rings. The third-order valence-electron chi connectivity index (χ3n) is 6.17. The Hall–Kier alpha value is -4.41. The van der Waals surface area contributed by atoms with Gasteiger partial charge in [0.1, 0.15) is 5.82 Å². The lowest BCUT2D eigenvalue weighted by Crippen LogP contribution is -2.56. The van der Waals surface area contributed by atoms with E-state index in [2.05, 4.69) is 20.4 Å². The molecule has 178 valence electrons. The van der Waals surface area contributed by atoms with E-state index < -0.39 is 17.5 Å². The number of nitrogens with one attached hydrogen (secondary N) is 1. The van der Waals surface area contributed by atoms with E-state index in [1.54, 1.807) is 43.1 Å². The zero-order valence-corrected chi connectivity index (χ0v) is 19.1. The number of Topliss-reactive ketones (excluding diaryl/α,β-unsaturated/α-hetero) is 1. The fourth-order valence-corrected chi connectivity index (χ4v) is 4.42. The zero-order valence-electron chi connectivity index (χ0n) is 19.1. The topological polar surface area (TPSA) is 117 Å². The van der Waals surface area contributed by atoms with Crippen molar-refractivity contribution in [3.63, 3.8) is 0 Å². The van der Waals surface area contributed by atoms with E-state index in [1.807, 2.05) is 6.07 Å². The van der Waals surface area contributed by atoms with E-state index in [-0.39, 0.29) is 41.8 Å². The number of carbonyl (C=O) groups excluding carboxylic acids is 3. The van der Waals surface area contributed by atoms with E-state index in [4.69, 9.17) is 0 Å². The Morgan fingerprint density at radius 3 is 2.54 bits per heavy atom. The first-order valence-corrected chi connectivity index (χ1v) is 11.1. The number of aromatic amines is 1. The number of hydrogen-bond acceptors (Lipinski definition) is 6. The Morgan fingerprint density at radius 1 is 1.09 bits per heavy atom. The first-order chi connectivity index (χ1) is 16.8. The number of aryl methyl sites for hydroxylation is 1. The molecule has 1 atom stereocenters. The summed E-state index contributed by atoms with van der Waals surface area (Å²) < 4.78 is 14.8. The van der Waals surface area contributed by atoms with Gasteiger partial charge in [0.2, 0.25) is 5.82 Å². The smallest absolute Gasteiger partial charge is 0.295 e. The Morgan fingerprint density at radius 2 is 1.86 bits per heavy atom. The molecular weight excluding hydrogens is 453 g/mol. The number of carbonyl (C=O) groups is 3. The third-order valence-corrected chi connectivity index (χ3v) is 6.17. The monoisotopic (exact) mass is 475 g/mol. The predicted octanol–water partition coefficient (Wildman–Crippen LogP) is 2.05. The second-order valence-electron chi connectivity index (χ2n) is 8.44. The van der Waals surface area contributed by atoms with Crippen LogP contribution in [-0.4, -0.2) is 78.3 Å². The highest BCUT2D eigenvalue weighted by molar-refractivity contribution is 6.45. The van der Waals surface area contributed by atoms with Gasteiger partial charge in [0.05, 0.1) is 18.1 Å². The molecule has 5 rings (SSSR count). The van der Waals surface area contributed by atoms with Gasteiger partial charge < -0.3 is 14.8 Å². The number of hydrogen-bond donors (Lipinski definition) is 1. The van der Waals surface area contributed by atoms with Crippen molar-refractivity contribution in [3.8, 4) is 11.4 Å². The largest absolute Gasteiger partial charge is 0.360 e. The minimum Gasteiger partial charge on any atom is -0.360 e. The molecule has 1 aliphatic heterocycles. The highest BCUT2D eigenvalue weighted by Crippen LogP contribution is 2.30. The minimum atomic E-state index is -0.825. The SMILES string of the molecule is C[C@@H]1CN(C(=O)c2ccccc2)CCN1C(=O)C(=O)c1c[nH]c2c(-c3nnn(C)n3)ccc(F)c12. The molecule has 1 saturated heterocycles. The maximum absolute atomic E-state index is 14.8. The van der Waals surface area contributed by atoms with Gasteiger partial charge in [0, 0.05) is 48.4 Å². The maximum atomic E-state index is 14.8. The van der Waals surface area contributed by atoms with E-state index in [0.717, 1.165) is 0 Å². The molecule has 0 spiro atoms. The number of nitrogens with zero attached hydrogens (tertiary/aromatic N) is 6. The van der Waals surface area contributed by atoms with Gasteiger partial charge in [-0.3, -0.25) is 14.4 Å². The van der Waals surface area contributed by atoms with Crippen molar-refractivity contribution in [2.75, 3.05) is 19.6 Å². The number of piperazine rings is 1. The zero-order chi connectivity index (χ0) is 24.7. The van der Waals surface area contributed by atoms with Gasteiger partial charge >= 0.3 is 0 Å². The summed E-state index contributed by atoms with van der Waals surface area (Å²) in [7, 11) is 1.61. The van der Waals surface area contributed by atoms with Crippen molar-refractivity contribution < 1.29 is 18.8 Å². The van der Waals surface area contributed by atoms with Gasteiger partial charge in [-0.1, -0.05) is 18.2 Å². The van der Waals surface area contributed by atoms with Crippen molar-refractivity contribution >= 4 is 28.5 Å².